The molecule has 1 heterocycles. The Hall–Kier alpha value is -0.610. The minimum atomic E-state index is -0.629. The number of carboxylic acids is 1. The second kappa shape index (κ2) is 5.64. The van der Waals surface area contributed by atoms with Crippen LogP contribution in [0.3, 0.4) is 0 Å². The summed E-state index contributed by atoms with van der Waals surface area (Å²) >= 11 is 0. The van der Waals surface area contributed by atoms with E-state index >= 15 is 0 Å². The van der Waals surface area contributed by atoms with Gasteiger partial charge in [0, 0.05) is 30.7 Å². The van der Waals surface area contributed by atoms with Gasteiger partial charge in [0.05, 0.1) is 6.42 Å². The highest BCUT2D eigenvalue weighted by atomic mass is 16.4. The minimum Gasteiger partial charge on any atom is -0.481 e. The molecule has 1 atom stereocenters. The Morgan fingerprint density at radius 1 is 1.25 bits per heavy atom. The third-order valence-corrected chi connectivity index (χ3v) is 5.82. The van der Waals surface area contributed by atoms with Crippen molar-refractivity contribution >= 4 is 5.97 Å². The van der Waals surface area contributed by atoms with E-state index in [9.17, 15) is 9.90 Å². The lowest BCUT2D eigenvalue weighted by molar-refractivity contribution is -0.141. The van der Waals surface area contributed by atoms with Crippen molar-refractivity contribution in [3.05, 3.63) is 0 Å². The van der Waals surface area contributed by atoms with Gasteiger partial charge >= 0.3 is 5.97 Å². The van der Waals surface area contributed by atoms with Crippen LogP contribution in [-0.2, 0) is 4.79 Å². The lowest BCUT2D eigenvalue weighted by atomic mass is 9.77. The van der Waals surface area contributed by atoms with Gasteiger partial charge in [-0.3, -0.25) is 14.6 Å². The predicted octanol–water partition coefficient (Wildman–Crippen LogP) is 2.33. The smallest absolute Gasteiger partial charge is 0.305 e. The van der Waals surface area contributed by atoms with Crippen LogP contribution in [0.2, 0.25) is 0 Å². The SMILES string of the molecule is CN(C1CCN(C2CC2)C1)C1(CC(=O)O)CCCCC1. The number of nitrogens with zero attached hydrogens (tertiary/aromatic N) is 2. The number of rotatable bonds is 5. The van der Waals surface area contributed by atoms with Crippen molar-refractivity contribution in [1.29, 1.82) is 0 Å². The summed E-state index contributed by atoms with van der Waals surface area (Å²) < 4.78 is 0. The summed E-state index contributed by atoms with van der Waals surface area (Å²) in [6.07, 6.45) is 10.1. The molecule has 1 saturated heterocycles. The fourth-order valence-corrected chi connectivity index (χ4v) is 4.39. The van der Waals surface area contributed by atoms with Crippen molar-refractivity contribution in [2.75, 3.05) is 20.1 Å². The Labute approximate surface area is 122 Å². The number of hydrogen-bond acceptors (Lipinski definition) is 3. The van der Waals surface area contributed by atoms with Crippen LogP contribution in [0.4, 0.5) is 0 Å². The molecular formula is C16H28N2O2. The number of carboxylic acid groups (broad SMARTS) is 1. The molecule has 0 aromatic rings. The van der Waals surface area contributed by atoms with Crippen molar-refractivity contribution in [1.82, 2.24) is 9.80 Å². The van der Waals surface area contributed by atoms with Crippen LogP contribution in [0.25, 0.3) is 0 Å². The zero-order chi connectivity index (χ0) is 14.2. The van der Waals surface area contributed by atoms with Gasteiger partial charge in [0.1, 0.15) is 0 Å². The van der Waals surface area contributed by atoms with E-state index < -0.39 is 5.97 Å². The maximum Gasteiger partial charge on any atom is 0.305 e. The van der Waals surface area contributed by atoms with E-state index in [4.69, 9.17) is 0 Å². The third-order valence-electron chi connectivity index (χ3n) is 5.82. The maximum absolute atomic E-state index is 11.3. The van der Waals surface area contributed by atoms with Crippen LogP contribution in [0.5, 0.6) is 0 Å². The zero-order valence-corrected chi connectivity index (χ0v) is 12.7. The first-order valence-corrected chi connectivity index (χ1v) is 8.29. The van der Waals surface area contributed by atoms with E-state index in [2.05, 4.69) is 16.8 Å². The van der Waals surface area contributed by atoms with E-state index in [0.717, 1.165) is 25.4 Å². The molecule has 0 bridgehead atoms. The fraction of sp³-hybridized carbons (Fsp3) is 0.938. The summed E-state index contributed by atoms with van der Waals surface area (Å²) in [6, 6.07) is 1.41. The molecule has 0 aromatic carbocycles. The first kappa shape index (κ1) is 14.3. The number of aliphatic carboxylic acids is 1. The van der Waals surface area contributed by atoms with Gasteiger partial charge in [-0.2, -0.15) is 0 Å². The van der Waals surface area contributed by atoms with Crippen LogP contribution in [-0.4, -0.2) is 58.6 Å². The van der Waals surface area contributed by atoms with Crippen LogP contribution in [0, 0.1) is 0 Å². The molecule has 0 amide bonds. The van der Waals surface area contributed by atoms with Gasteiger partial charge < -0.3 is 5.11 Å². The number of likely N-dealkylation sites (tertiary alicyclic amines) is 1. The standard InChI is InChI=1S/C16H28N2O2/c1-17(14-7-10-18(12-14)13-5-6-13)16(11-15(19)20)8-3-2-4-9-16/h13-14H,2-12H2,1H3,(H,19,20). The first-order chi connectivity index (χ1) is 9.61. The highest BCUT2D eigenvalue weighted by Crippen LogP contribution is 2.39. The Kier molecular flexibility index (Phi) is 4.04. The predicted molar refractivity (Wildman–Crippen MR) is 78.8 cm³/mol. The highest BCUT2D eigenvalue weighted by Gasteiger charge is 2.44. The fourth-order valence-electron chi connectivity index (χ4n) is 4.39. The summed E-state index contributed by atoms with van der Waals surface area (Å²) in [5.74, 6) is -0.629. The molecule has 0 radical (unpaired) electrons. The topological polar surface area (TPSA) is 43.8 Å². The number of hydrogen-bond donors (Lipinski definition) is 1. The molecule has 3 fully saturated rings. The normalized spacial score (nSPS) is 30.8. The summed E-state index contributed by atoms with van der Waals surface area (Å²) in [7, 11) is 2.19. The molecule has 1 N–H and O–H groups in total. The van der Waals surface area contributed by atoms with Gasteiger partial charge in [-0.1, -0.05) is 19.3 Å². The second-order valence-electron chi connectivity index (χ2n) is 7.14. The monoisotopic (exact) mass is 280 g/mol. The van der Waals surface area contributed by atoms with E-state index in [1.165, 1.54) is 45.1 Å². The molecule has 2 aliphatic carbocycles. The second-order valence-corrected chi connectivity index (χ2v) is 7.14. The molecule has 0 aromatic heterocycles. The van der Waals surface area contributed by atoms with Crippen molar-refractivity contribution in [3.8, 4) is 0 Å². The minimum absolute atomic E-state index is 0.0751. The Bertz CT molecular complexity index is 361. The lowest BCUT2D eigenvalue weighted by Gasteiger charge is -2.46. The van der Waals surface area contributed by atoms with Crippen molar-refractivity contribution in [3.63, 3.8) is 0 Å². The largest absolute Gasteiger partial charge is 0.481 e. The van der Waals surface area contributed by atoms with Gasteiger partial charge in [-0.05, 0) is 39.2 Å². The van der Waals surface area contributed by atoms with Gasteiger partial charge in [0.25, 0.3) is 0 Å². The van der Waals surface area contributed by atoms with Crippen LogP contribution < -0.4 is 0 Å². The average molecular weight is 280 g/mol. The summed E-state index contributed by atoms with van der Waals surface area (Å²) in [4.78, 5) is 16.4. The summed E-state index contributed by atoms with van der Waals surface area (Å²) in [5.41, 5.74) is -0.0751. The molecule has 1 aliphatic heterocycles. The van der Waals surface area contributed by atoms with E-state index in [0.29, 0.717) is 12.5 Å². The molecule has 0 spiro atoms. The highest BCUT2D eigenvalue weighted by molar-refractivity contribution is 5.68. The van der Waals surface area contributed by atoms with E-state index in [-0.39, 0.29) is 5.54 Å². The van der Waals surface area contributed by atoms with Gasteiger partial charge in [0.15, 0.2) is 0 Å². The molecule has 4 nitrogen and oxygen atoms in total. The number of carbonyl (C=O) groups is 1. The Morgan fingerprint density at radius 2 is 1.95 bits per heavy atom. The van der Waals surface area contributed by atoms with Crippen LogP contribution >= 0.6 is 0 Å². The molecule has 114 valence electrons. The summed E-state index contributed by atoms with van der Waals surface area (Å²) in [5, 5.41) is 9.34. The van der Waals surface area contributed by atoms with Crippen molar-refractivity contribution in [2.24, 2.45) is 0 Å². The van der Waals surface area contributed by atoms with Crippen molar-refractivity contribution in [2.45, 2.75) is 75.4 Å². The van der Waals surface area contributed by atoms with E-state index in [1.54, 1.807) is 0 Å². The molecule has 4 heteroatoms. The third kappa shape index (κ3) is 2.86. The Balaban J connectivity index is 1.67. The molecule has 20 heavy (non-hydrogen) atoms. The zero-order valence-electron chi connectivity index (χ0n) is 12.7. The molecular weight excluding hydrogens is 252 g/mol. The maximum atomic E-state index is 11.3. The quantitative estimate of drug-likeness (QED) is 0.839. The Morgan fingerprint density at radius 3 is 2.55 bits per heavy atom. The number of likely N-dealkylation sites (N-methyl/N-ethyl adjacent to an activating group) is 1. The molecule has 3 aliphatic rings. The van der Waals surface area contributed by atoms with Gasteiger partial charge in [-0.25, -0.2) is 0 Å². The van der Waals surface area contributed by atoms with Gasteiger partial charge in [0.2, 0.25) is 0 Å². The molecule has 2 saturated carbocycles. The average Bonchev–Trinajstić information content (AvgIpc) is 3.16. The van der Waals surface area contributed by atoms with Crippen molar-refractivity contribution < 1.29 is 9.90 Å². The molecule has 3 rings (SSSR count). The molecule has 1 unspecified atom stereocenters. The lowest BCUT2D eigenvalue weighted by Crippen LogP contribution is -2.54. The van der Waals surface area contributed by atoms with Gasteiger partial charge in [-0.15, -0.1) is 0 Å². The first-order valence-electron chi connectivity index (χ1n) is 8.29. The van der Waals surface area contributed by atoms with Crippen LogP contribution in [0.15, 0.2) is 0 Å². The van der Waals surface area contributed by atoms with Crippen LogP contribution in [0.1, 0.15) is 57.8 Å². The summed E-state index contributed by atoms with van der Waals surface area (Å²) in [6.45, 7) is 2.37. The van der Waals surface area contributed by atoms with E-state index in [1.807, 2.05) is 0 Å².